The average molecular weight is 279 g/mol. The number of amides is 1. The van der Waals surface area contributed by atoms with E-state index in [9.17, 15) is 14.9 Å². The fraction of sp³-hybridized carbons (Fsp3) is 0.462. The van der Waals surface area contributed by atoms with E-state index >= 15 is 0 Å². The van der Waals surface area contributed by atoms with E-state index in [2.05, 4.69) is 0 Å². The summed E-state index contributed by atoms with van der Waals surface area (Å²) in [4.78, 5) is 23.7. The van der Waals surface area contributed by atoms with Gasteiger partial charge in [0.1, 0.15) is 5.69 Å². The SMILES string of the molecule is NC(=O)c1ccc(N2CCC(CO)CC2)c([N+](=O)[O-])c1. The first-order valence-corrected chi connectivity index (χ1v) is 6.47. The third kappa shape index (κ3) is 2.88. The number of hydrogen-bond donors (Lipinski definition) is 2. The quantitative estimate of drug-likeness (QED) is 0.628. The van der Waals surface area contributed by atoms with Crippen LogP contribution in [0, 0.1) is 16.0 Å². The maximum absolute atomic E-state index is 11.1. The first kappa shape index (κ1) is 14.3. The first-order valence-electron chi connectivity index (χ1n) is 6.47. The Kier molecular flexibility index (Phi) is 4.19. The second-order valence-electron chi connectivity index (χ2n) is 4.94. The van der Waals surface area contributed by atoms with Crippen LogP contribution in [0.3, 0.4) is 0 Å². The van der Waals surface area contributed by atoms with Crippen LogP contribution in [0.25, 0.3) is 0 Å². The lowest BCUT2D eigenvalue weighted by Gasteiger charge is -2.32. The molecule has 0 atom stereocenters. The third-order valence-corrected chi connectivity index (χ3v) is 3.67. The molecule has 1 aromatic rings. The Morgan fingerprint density at radius 2 is 2.10 bits per heavy atom. The molecule has 1 aromatic carbocycles. The maximum Gasteiger partial charge on any atom is 0.293 e. The Balaban J connectivity index is 2.27. The molecular formula is C13H17N3O4. The van der Waals surface area contributed by atoms with Crippen molar-refractivity contribution in [3.8, 4) is 0 Å². The van der Waals surface area contributed by atoms with E-state index in [1.165, 1.54) is 12.1 Å². The molecule has 1 aliphatic rings. The van der Waals surface area contributed by atoms with Crippen molar-refractivity contribution in [2.24, 2.45) is 11.7 Å². The van der Waals surface area contributed by atoms with E-state index in [4.69, 9.17) is 10.8 Å². The second-order valence-corrected chi connectivity index (χ2v) is 4.94. The lowest BCUT2D eigenvalue weighted by Crippen LogP contribution is -2.35. The Bertz CT molecular complexity index is 524. The van der Waals surface area contributed by atoms with Crippen molar-refractivity contribution in [2.75, 3.05) is 24.6 Å². The molecule has 0 aliphatic carbocycles. The molecule has 7 nitrogen and oxygen atoms in total. The monoisotopic (exact) mass is 279 g/mol. The number of aliphatic hydroxyl groups excluding tert-OH is 1. The van der Waals surface area contributed by atoms with Gasteiger partial charge in [-0.05, 0) is 30.9 Å². The van der Waals surface area contributed by atoms with Gasteiger partial charge in [-0.25, -0.2) is 0 Å². The zero-order valence-corrected chi connectivity index (χ0v) is 11.0. The lowest BCUT2D eigenvalue weighted by atomic mass is 9.97. The van der Waals surface area contributed by atoms with Gasteiger partial charge in [-0.15, -0.1) is 0 Å². The molecule has 0 bridgehead atoms. The molecule has 1 fully saturated rings. The van der Waals surface area contributed by atoms with Crippen LogP contribution in [0.1, 0.15) is 23.2 Å². The van der Waals surface area contributed by atoms with Gasteiger partial charge in [-0.1, -0.05) is 0 Å². The maximum atomic E-state index is 11.1. The van der Waals surface area contributed by atoms with E-state index in [0.29, 0.717) is 18.8 Å². The first-order chi connectivity index (χ1) is 9.52. The summed E-state index contributed by atoms with van der Waals surface area (Å²) in [6.07, 6.45) is 1.59. The molecule has 0 saturated carbocycles. The number of benzene rings is 1. The molecule has 108 valence electrons. The summed E-state index contributed by atoms with van der Waals surface area (Å²) >= 11 is 0. The largest absolute Gasteiger partial charge is 0.396 e. The highest BCUT2D eigenvalue weighted by atomic mass is 16.6. The van der Waals surface area contributed by atoms with Crippen LogP contribution in [0.4, 0.5) is 11.4 Å². The molecule has 1 saturated heterocycles. The van der Waals surface area contributed by atoms with Crippen LogP contribution in [0.5, 0.6) is 0 Å². The molecular weight excluding hydrogens is 262 g/mol. The zero-order valence-electron chi connectivity index (χ0n) is 11.0. The van der Waals surface area contributed by atoms with Crippen molar-refractivity contribution >= 4 is 17.3 Å². The smallest absolute Gasteiger partial charge is 0.293 e. The number of nitro groups is 1. The van der Waals surface area contributed by atoms with Crippen LogP contribution in [-0.2, 0) is 0 Å². The van der Waals surface area contributed by atoms with Crippen molar-refractivity contribution in [3.05, 3.63) is 33.9 Å². The van der Waals surface area contributed by atoms with Crippen LogP contribution in [-0.4, -0.2) is 35.6 Å². The minimum atomic E-state index is -0.682. The summed E-state index contributed by atoms with van der Waals surface area (Å²) in [6.45, 7) is 1.46. The van der Waals surface area contributed by atoms with Gasteiger partial charge in [-0.2, -0.15) is 0 Å². The molecule has 0 radical (unpaired) electrons. The standard InChI is InChI=1S/C13H17N3O4/c14-13(18)10-1-2-11(12(7-10)16(19)20)15-5-3-9(8-17)4-6-15/h1-2,7,9,17H,3-6,8H2,(H2,14,18). The summed E-state index contributed by atoms with van der Waals surface area (Å²) in [5.74, 6) is -0.422. The van der Waals surface area contributed by atoms with Gasteiger partial charge in [0.05, 0.1) is 4.92 Å². The number of primary amides is 1. The molecule has 7 heteroatoms. The predicted octanol–water partition coefficient (Wildman–Crippen LogP) is 0.902. The molecule has 1 heterocycles. The minimum Gasteiger partial charge on any atom is -0.396 e. The number of carbonyl (C=O) groups excluding carboxylic acids is 1. The summed E-state index contributed by atoms with van der Waals surface area (Å²) in [6, 6.07) is 4.29. The average Bonchev–Trinajstić information content (AvgIpc) is 2.46. The van der Waals surface area contributed by atoms with E-state index in [1.807, 2.05) is 4.90 Å². The summed E-state index contributed by atoms with van der Waals surface area (Å²) in [5.41, 5.74) is 5.66. The summed E-state index contributed by atoms with van der Waals surface area (Å²) in [7, 11) is 0. The number of hydrogen-bond acceptors (Lipinski definition) is 5. The van der Waals surface area contributed by atoms with Gasteiger partial charge in [0.25, 0.3) is 5.69 Å². The number of rotatable bonds is 4. The third-order valence-electron chi connectivity index (χ3n) is 3.67. The van der Waals surface area contributed by atoms with Gasteiger partial charge in [0, 0.05) is 31.3 Å². The number of nitrogens with zero attached hydrogens (tertiary/aromatic N) is 2. The van der Waals surface area contributed by atoms with Crippen LogP contribution in [0.2, 0.25) is 0 Å². The van der Waals surface area contributed by atoms with E-state index in [-0.39, 0.29) is 23.8 Å². The fourth-order valence-electron chi connectivity index (χ4n) is 2.45. The highest BCUT2D eigenvalue weighted by molar-refractivity contribution is 5.94. The highest BCUT2D eigenvalue weighted by Gasteiger charge is 2.25. The normalized spacial score (nSPS) is 16.1. The molecule has 0 aromatic heterocycles. The zero-order chi connectivity index (χ0) is 14.7. The summed E-state index contributed by atoms with van der Waals surface area (Å²) < 4.78 is 0. The minimum absolute atomic E-state index is 0.108. The Labute approximate surface area is 116 Å². The van der Waals surface area contributed by atoms with Crippen molar-refractivity contribution in [1.82, 2.24) is 0 Å². The molecule has 20 heavy (non-hydrogen) atoms. The number of piperidine rings is 1. The Morgan fingerprint density at radius 1 is 1.45 bits per heavy atom. The summed E-state index contributed by atoms with van der Waals surface area (Å²) in [5, 5.41) is 20.3. The van der Waals surface area contributed by atoms with Crippen molar-refractivity contribution in [2.45, 2.75) is 12.8 Å². The molecule has 2 rings (SSSR count). The van der Waals surface area contributed by atoms with Crippen molar-refractivity contribution in [3.63, 3.8) is 0 Å². The number of carbonyl (C=O) groups is 1. The van der Waals surface area contributed by atoms with Crippen LogP contribution >= 0.6 is 0 Å². The second kappa shape index (κ2) is 5.87. The predicted molar refractivity (Wildman–Crippen MR) is 73.6 cm³/mol. The molecule has 0 unspecified atom stereocenters. The van der Waals surface area contributed by atoms with Gasteiger partial charge < -0.3 is 15.7 Å². The van der Waals surface area contributed by atoms with Crippen molar-refractivity contribution < 1.29 is 14.8 Å². The molecule has 0 spiro atoms. The van der Waals surface area contributed by atoms with Gasteiger partial charge in [0.2, 0.25) is 5.91 Å². The molecule has 1 aliphatic heterocycles. The number of nitrogens with two attached hydrogens (primary N) is 1. The topological polar surface area (TPSA) is 110 Å². The highest BCUT2D eigenvalue weighted by Crippen LogP contribution is 2.32. The van der Waals surface area contributed by atoms with E-state index in [0.717, 1.165) is 12.8 Å². The molecule has 1 amide bonds. The van der Waals surface area contributed by atoms with E-state index < -0.39 is 10.8 Å². The Morgan fingerprint density at radius 3 is 2.60 bits per heavy atom. The van der Waals surface area contributed by atoms with Gasteiger partial charge in [-0.3, -0.25) is 14.9 Å². The van der Waals surface area contributed by atoms with Crippen LogP contribution < -0.4 is 10.6 Å². The van der Waals surface area contributed by atoms with Gasteiger partial charge >= 0.3 is 0 Å². The lowest BCUT2D eigenvalue weighted by molar-refractivity contribution is -0.384. The Hall–Kier alpha value is -2.15. The van der Waals surface area contributed by atoms with Crippen molar-refractivity contribution in [1.29, 1.82) is 0 Å². The number of anilines is 1. The fourth-order valence-corrected chi connectivity index (χ4v) is 2.45. The van der Waals surface area contributed by atoms with Gasteiger partial charge in [0.15, 0.2) is 0 Å². The number of aliphatic hydroxyl groups is 1. The van der Waals surface area contributed by atoms with E-state index in [1.54, 1.807) is 6.07 Å². The van der Waals surface area contributed by atoms with Crippen LogP contribution in [0.15, 0.2) is 18.2 Å². The molecule has 3 N–H and O–H groups in total. The number of nitro benzene ring substituents is 1.